The molecule has 0 aromatic heterocycles. The summed E-state index contributed by atoms with van der Waals surface area (Å²) in [6.07, 6.45) is 4.17. The Balaban J connectivity index is 1.27. The summed E-state index contributed by atoms with van der Waals surface area (Å²) in [5.74, 6) is -0.126. The molecule has 1 aliphatic rings. The number of anilines is 3. The first-order valence-corrected chi connectivity index (χ1v) is 10.9. The van der Waals surface area contributed by atoms with Gasteiger partial charge in [-0.1, -0.05) is 66.7 Å². The van der Waals surface area contributed by atoms with Crippen LogP contribution in [0.25, 0.3) is 6.08 Å². The Hall–Kier alpha value is -4.44. The lowest BCUT2D eigenvalue weighted by Crippen LogP contribution is -2.11. The zero-order valence-corrected chi connectivity index (χ0v) is 18.0. The van der Waals surface area contributed by atoms with Gasteiger partial charge in [0.1, 0.15) is 0 Å². The van der Waals surface area contributed by atoms with Gasteiger partial charge in [-0.2, -0.15) is 0 Å². The van der Waals surface area contributed by atoms with Gasteiger partial charge < -0.3 is 10.6 Å². The van der Waals surface area contributed by atoms with Gasteiger partial charge >= 0.3 is 0 Å². The van der Waals surface area contributed by atoms with Gasteiger partial charge in [0.2, 0.25) is 0 Å². The van der Waals surface area contributed by atoms with Gasteiger partial charge in [0.25, 0.3) is 5.91 Å². The van der Waals surface area contributed by atoms with Crippen molar-refractivity contribution in [3.05, 3.63) is 131 Å². The molecule has 0 aliphatic carbocycles. The quantitative estimate of drug-likeness (QED) is 0.358. The Bertz CT molecular complexity index is 1340. The summed E-state index contributed by atoms with van der Waals surface area (Å²) < 4.78 is 0. The SMILES string of the molecule is O=C(Nc1cccc(Nc2ccc3c(c2)CN=C3/C=C/c2ccccc2)c1)c1ccccc1. The summed E-state index contributed by atoms with van der Waals surface area (Å²) in [6, 6.07) is 33.5. The first kappa shape index (κ1) is 20.5. The van der Waals surface area contributed by atoms with E-state index in [0.717, 1.165) is 33.9 Å². The van der Waals surface area contributed by atoms with E-state index >= 15 is 0 Å². The second-order valence-corrected chi connectivity index (χ2v) is 7.84. The van der Waals surface area contributed by atoms with Crippen LogP contribution in [0.3, 0.4) is 0 Å². The highest BCUT2D eigenvalue weighted by Crippen LogP contribution is 2.27. The van der Waals surface area contributed by atoms with Crippen molar-refractivity contribution in [3.8, 4) is 0 Å². The Morgan fingerprint density at radius 3 is 2.27 bits per heavy atom. The molecule has 33 heavy (non-hydrogen) atoms. The summed E-state index contributed by atoms with van der Waals surface area (Å²) >= 11 is 0. The molecular weight excluding hydrogens is 406 g/mol. The van der Waals surface area contributed by atoms with E-state index in [-0.39, 0.29) is 5.91 Å². The van der Waals surface area contributed by atoms with E-state index in [2.05, 4.69) is 53.1 Å². The number of hydrogen-bond acceptors (Lipinski definition) is 3. The zero-order valence-electron chi connectivity index (χ0n) is 18.0. The number of fused-ring (bicyclic) bond motifs is 1. The third kappa shape index (κ3) is 4.91. The normalized spacial score (nSPS) is 12.3. The maximum Gasteiger partial charge on any atom is 0.255 e. The molecular formula is C29H23N3O. The fourth-order valence-corrected chi connectivity index (χ4v) is 3.82. The molecule has 5 rings (SSSR count). The van der Waals surface area contributed by atoms with Crippen molar-refractivity contribution >= 4 is 34.8 Å². The number of allylic oxidation sites excluding steroid dienone is 1. The van der Waals surface area contributed by atoms with Crippen LogP contribution in [0.15, 0.2) is 114 Å². The third-order valence-electron chi connectivity index (χ3n) is 5.48. The van der Waals surface area contributed by atoms with Crippen molar-refractivity contribution in [2.45, 2.75) is 6.54 Å². The molecule has 0 fully saturated rings. The van der Waals surface area contributed by atoms with Crippen molar-refractivity contribution in [3.63, 3.8) is 0 Å². The molecule has 1 amide bonds. The Morgan fingerprint density at radius 2 is 1.45 bits per heavy atom. The van der Waals surface area contributed by atoms with Crippen LogP contribution in [0.2, 0.25) is 0 Å². The fraction of sp³-hybridized carbons (Fsp3) is 0.0345. The number of carbonyl (C=O) groups excluding carboxylic acids is 1. The second kappa shape index (κ2) is 9.37. The van der Waals surface area contributed by atoms with Crippen molar-refractivity contribution < 1.29 is 4.79 Å². The number of aliphatic imine (C=N–C) groups is 1. The molecule has 0 radical (unpaired) electrons. The van der Waals surface area contributed by atoms with E-state index in [1.165, 1.54) is 5.56 Å². The van der Waals surface area contributed by atoms with Crippen LogP contribution in [0.4, 0.5) is 17.1 Å². The van der Waals surface area contributed by atoms with Gasteiger partial charge in [-0.3, -0.25) is 9.79 Å². The van der Waals surface area contributed by atoms with Crippen LogP contribution < -0.4 is 10.6 Å². The van der Waals surface area contributed by atoms with Gasteiger partial charge in [-0.15, -0.1) is 0 Å². The molecule has 1 aliphatic heterocycles. The van der Waals surface area contributed by atoms with E-state index in [9.17, 15) is 4.79 Å². The summed E-state index contributed by atoms with van der Waals surface area (Å²) in [7, 11) is 0. The molecule has 4 heteroatoms. The molecule has 0 saturated heterocycles. The van der Waals surface area contributed by atoms with Gasteiger partial charge in [-0.05, 0) is 59.7 Å². The Kier molecular flexibility index (Phi) is 5.81. The minimum Gasteiger partial charge on any atom is -0.355 e. The zero-order chi connectivity index (χ0) is 22.5. The van der Waals surface area contributed by atoms with Gasteiger partial charge in [0.15, 0.2) is 0 Å². The number of benzene rings is 4. The maximum absolute atomic E-state index is 12.4. The van der Waals surface area contributed by atoms with Crippen LogP contribution in [-0.2, 0) is 6.54 Å². The van der Waals surface area contributed by atoms with E-state index in [4.69, 9.17) is 4.99 Å². The highest BCUT2D eigenvalue weighted by molar-refractivity contribution is 6.13. The molecule has 0 unspecified atom stereocenters. The highest BCUT2D eigenvalue weighted by atomic mass is 16.1. The maximum atomic E-state index is 12.4. The van der Waals surface area contributed by atoms with Crippen molar-refractivity contribution in [1.29, 1.82) is 0 Å². The monoisotopic (exact) mass is 429 g/mol. The van der Waals surface area contributed by atoms with Crippen molar-refractivity contribution in [2.24, 2.45) is 4.99 Å². The molecule has 1 heterocycles. The van der Waals surface area contributed by atoms with Crippen LogP contribution in [0, 0.1) is 0 Å². The lowest BCUT2D eigenvalue weighted by molar-refractivity contribution is 0.102. The largest absolute Gasteiger partial charge is 0.355 e. The lowest BCUT2D eigenvalue weighted by atomic mass is 10.0. The third-order valence-corrected chi connectivity index (χ3v) is 5.48. The molecule has 160 valence electrons. The predicted octanol–water partition coefficient (Wildman–Crippen LogP) is 6.70. The van der Waals surface area contributed by atoms with Gasteiger partial charge in [0, 0.05) is 28.2 Å². The lowest BCUT2D eigenvalue weighted by Gasteiger charge is -2.11. The fourth-order valence-electron chi connectivity index (χ4n) is 3.82. The first-order valence-electron chi connectivity index (χ1n) is 10.9. The molecule has 0 bridgehead atoms. The standard InChI is InChI=1S/C29H23N3O/c33-29(22-10-5-2-6-11-22)32-25-13-7-12-24(19-25)31-26-15-16-27-23(18-26)20-30-28(27)17-14-21-8-3-1-4-9-21/h1-19,31H,20H2,(H,32,33)/b17-14+. The predicted molar refractivity (Wildman–Crippen MR) is 136 cm³/mol. The number of nitrogens with one attached hydrogen (secondary N) is 2. The summed E-state index contributed by atoms with van der Waals surface area (Å²) in [5, 5.41) is 6.39. The molecule has 0 spiro atoms. The number of hydrogen-bond donors (Lipinski definition) is 2. The average Bonchev–Trinajstić information content (AvgIpc) is 3.26. The molecule has 0 atom stereocenters. The number of amides is 1. The second-order valence-electron chi connectivity index (χ2n) is 7.84. The first-order chi connectivity index (χ1) is 16.2. The summed E-state index contributed by atoms with van der Waals surface area (Å²) in [5.41, 5.74) is 7.79. The summed E-state index contributed by atoms with van der Waals surface area (Å²) in [6.45, 7) is 0.673. The smallest absolute Gasteiger partial charge is 0.255 e. The van der Waals surface area contributed by atoms with Crippen LogP contribution in [0.1, 0.15) is 27.0 Å². The van der Waals surface area contributed by atoms with E-state index < -0.39 is 0 Å². The molecule has 4 aromatic rings. The van der Waals surface area contributed by atoms with Crippen molar-refractivity contribution in [2.75, 3.05) is 10.6 Å². The van der Waals surface area contributed by atoms with E-state index in [0.29, 0.717) is 12.1 Å². The van der Waals surface area contributed by atoms with Crippen molar-refractivity contribution in [1.82, 2.24) is 0 Å². The van der Waals surface area contributed by atoms with Crippen LogP contribution in [-0.4, -0.2) is 11.6 Å². The van der Waals surface area contributed by atoms with E-state index in [1.807, 2.05) is 60.7 Å². The molecule has 4 nitrogen and oxygen atoms in total. The van der Waals surface area contributed by atoms with Crippen LogP contribution in [0.5, 0.6) is 0 Å². The Labute approximate surface area is 193 Å². The minimum absolute atomic E-state index is 0.126. The number of nitrogens with zero attached hydrogens (tertiary/aromatic N) is 1. The Morgan fingerprint density at radius 1 is 0.727 bits per heavy atom. The van der Waals surface area contributed by atoms with E-state index in [1.54, 1.807) is 12.1 Å². The van der Waals surface area contributed by atoms with Gasteiger partial charge in [0.05, 0.1) is 12.3 Å². The average molecular weight is 430 g/mol. The molecule has 2 N–H and O–H groups in total. The molecule has 4 aromatic carbocycles. The number of carbonyl (C=O) groups is 1. The van der Waals surface area contributed by atoms with Crippen LogP contribution >= 0.6 is 0 Å². The number of rotatable bonds is 6. The summed E-state index contributed by atoms with van der Waals surface area (Å²) in [4.78, 5) is 17.1. The van der Waals surface area contributed by atoms with Gasteiger partial charge in [-0.25, -0.2) is 0 Å². The highest BCUT2D eigenvalue weighted by Gasteiger charge is 2.14. The minimum atomic E-state index is -0.126. The molecule has 0 saturated carbocycles. The topological polar surface area (TPSA) is 53.5 Å².